The summed E-state index contributed by atoms with van der Waals surface area (Å²) >= 11 is 0. The van der Waals surface area contributed by atoms with Gasteiger partial charge >= 0.3 is 0 Å². The van der Waals surface area contributed by atoms with Crippen molar-refractivity contribution in [3.8, 4) is 0 Å². The van der Waals surface area contributed by atoms with Crippen LogP contribution in [0.2, 0.25) is 0 Å². The summed E-state index contributed by atoms with van der Waals surface area (Å²) in [6.45, 7) is 0.0863. The van der Waals surface area contributed by atoms with Crippen LogP contribution in [0.25, 0.3) is 0 Å². The Labute approximate surface area is 163 Å². The minimum Gasteiger partial charge on any atom is -0.355 e. The van der Waals surface area contributed by atoms with E-state index in [1.807, 2.05) is 4.90 Å². The molecule has 0 bridgehead atoms. The minimum absolute atomic E-state index is 0.0863. The molecule has 1 aliphatic heterocycles. The van der Waals surface area contributed by atoms with Gasteiger partial charge in [-0.3, -0.25) is 0 Å². The van der Waals surface area contributed by atoms with Gasteiger partial charge < -0.3 is 9.80 Å². The van der Waals surface area contributed by atoms with Gasteiger partial charge in [0.25, 0.3) is 0 Å². The Morgan fingerprint density at radius 3 is 1.50 bits per heavy atom. The number of hydrogen-bond acceptors (Lipinski definition) is 2. The van der Waals surface area contributed by atoms with Crippen LogP contribution in [-0.4, -0.2) is 17.6 Å². The lowest BCUT2D eigenvalue weighted by atomic mass is 9.97. The van der Waals surface area contributed by atoms with Gasteiger partial charge in [-0.05, 0) is 12.8 Å². The number of benzene rings is 1. The standard InChI is InChI=1S/C21H27F5N2/c22-16-17(23)19(25)21(20(26)18(16)24)28-13-12-27(14-28)15-10-8-6-4-2-1-3-5-7-9-11-15/h12-13,15H,1-11,14H2. The van der Waals surface area contributed by atoms with Gasteiger partial charge in [-0.1, -0.05) is 57.8 Å². The third kappa shape index (κ3) is 4.61. The molecule has 2 aliphatic rings. The second-order valence-corrected chi connectivity index (χ2v) is 7.76. The van der Waals surface area contributed by atoms with E-state index >= 15 is 0 Å². The van der Waals surface area contributed by atoms with Crippen LogP contribution in [0.4, 0.5) is 27.6 Å². The van der Waals surface area contributed by atoms with Gasteiger partial charge in [-0.15, -0.1) is 0 Å². The van der Waals surface area contributed by atoms with E-state index in [9.17, 15) is 22.0 Å². The van der Waals surface area contributed by atoms with Gasteiger partial charge in [0.05, 0.1) is 6.67 Å². The summed E-state index contributed by atoms with van der Waals surface area (Å²) in [7, 11) is 0. The molecule has 1 aromatic carbocycles. The van der Waals surface area contributed by atoms with Crippen molar-refractivity contribution in [2.75, 3.05) is 11.6 Å². The van der Waals surface area contributed by atoms with Crippen molar-refractivity contribution in [1.29, 1.82) is 0 Å². The summed E-state index contributed by atoms with van der Waals surface area (Å²) < 4.78 is 68.6. The van der Waals surface area contributed by atoms with E-state index in [0.29, 0.717) is 0 Å². The van der Waals surface area contributed by atoms with E-state index in [0.717, 1.165) is 43.4 Å². The zero-order valence-corrected chi connectivity index (χ0v) is 16.0. The van der Waals surface area contributed by atoms with Crippen LogP contribution >= 0.6 is 0 Å². The van der Waals surface area contributed by atoms with Gasteiger partial charge in [0.15, 0.2) is 23.3 Å². The average Bonchev–Trinajstić information content (AvgIpc) is 3.15. The lowest BCUT2D eigenvalue weighted by molar-refractivity contribution is 0.251. The number of rotatable bonds is 2. The second kappa shape index (κ2) is 9.61. The Balaban J connectivity index is 1.71. The maximum Gasteiger partial charge on any atom is 0.200 e. The zero-order chi connectivity index (χ0) is 20.1. The molecule has 1 aromatic rings. The molecule has 7 heteroatoms. The summed E-state index contributed by atoms with van der Waals surface area (Å²) in [6, 6.07) is 0.210. The Bertz CT molecular complexity index is 666. The highest BCUT2D eigenvalue weighted by atomic mass is 19.2. The van der Waals surface area contributed by atoms with E-state index < -0.39 is 34.8 Å². The fraction of sp³-hybridized carbons (Fsp3) is 0.619. The summed E-state index contributed by atoms with van der Waals surface area (Å²) in [5, 5.41) is 0. The molecule has 2 nitrogen and oxygen atoms in total. The third-order valence-corrected chi connectivity index (χ3v) is 5.77. The summed E-state index contributed by atoms with van der Waals surface area (Å²) in [5.41, 5.74) is -0.886. The molecule has 1 fully saturated rings. The molecule has 156 valence electrons. The second-order valence-electron chi connectivity index (χ2n) is 7.76. The van der Waals surface area contributed by atoms with E-state index in [1.54, 1.807) is 6.20 Å². The van der Waals surface area contributed by atoms with Crippen molar-refractivity contribution in [1.82, 2.24) is 4.90 Å². The number of anilines is 1. The topological polar surface area (TPSA) is 6.48 Å². The monoisotopic (exact) mass is 402 g/mol. The molecule has 0 N–H and O–H groups in total. The lowest BCUT2D eigenvalue weighted by Gasteiger charge is -2.30. The van der Waals surface area contributed by atoms with Crippen molar-refractivity contribution in [2.24, 2.45) is 0 Å². The average molecular weight is 402 g/mol. The van der Waals surface area contributed by atoms with Gasteiger partial charge in [0, 0.05) is 18.4 Å². The SMILES string of the molecule is Fc1c(F)c(F)c(N2C=CN(C3CCCCCCCCCCC3)C2)c(F)c1F. The molecular formula is C21H27F5N2. The third-order valence-electron chi connectivity index (χ3n) is 5.77. The fourth-order valence-corrected chi connectivity index (χ4v) is 4.14. The summed E-state index contributed by atoms with van der Waals surface area (Å²) in [4.78, 5) is 3.07. The molecule has 0 aromatic heterocycles. The number of halogens is 5. The molecule has 0 saturated heterocycles. The Kier molecular flexibility index (Phi) is 7.18. The normalized spacial score (nSPS) is 20.3. The Morgan fingerprint density at radius 1 is 0.571 bits per heavy atom. The molecule has 1 heterocycles. The van der Waals surface area contributed by atoms with E-state index in [-0.39, 0.29) is 12.7 Å². The maximum absolute atomic E-state index is 14.1. The van der Waals surface area contributed by atoms with E-state index in [4.69, 9.17) is 0 Å². The fourth-order valence-electron chi connectivity index (χ4n) is 4.14. The zero-order valence-electron chi connectivity index (χ0n) is 16.0. The largest absolute Gasteiger partial charge is 0.355 e. The van der Waals surface area contributed by atoms with Crippen molar-refractivity contribution in [3.63, 3.8) is 0 Å². The highest BCUT2D eigenvalue weighted by molar-refractivity contribution is 5.53. The van der Waals surface area contributed by atoms with Gasteiger partial charge in [0.1, 0.15) is 5.69 Å². The van der Waals surface area contributed by atoms with E-state index in [2.05, 4.69) is 0 Å². The number of hydrogen-bond donors (Lipinski definition) is 0. The van der Waals surface area contributed by atoms with Crippen LogP contribution in [0.15, 0.2) is 12.4 Å². The predicted octanol–water partition coefficient (Wildman–Crippen LogP) is 6.61. The molecule has 1 aliphatic carbocycles. The molecule has 3 rings (SSSR count). The summed E-state index contributed by atoms with van der Waals surface area (Å²) in [5.74, 6) is -9.53. The lowest BCUT2D eigenvalue weighted by Crippen LogP contribution is -2.35. The highest BCUT2D eigenvalue weighted by Gasteiger charge is 2.31. The van der Waals surface area contributed by atoms with E-state index in [1.165, 1.54) is 38.3 Å². The van der Waals surface area contributed by atoms with Crippen molar-refractivity contribution < 1.29 is 22.0 Å². The molecule has 0 atom stereocenters. The van der Waals surface area contributed by atoms with Crippen LogP contribution in [0.3, 0.4) is 0 Å². The molecular weight excluding hydrogens is 375 g/mol. The maximum atomic E-state index is 14.1. The number of nitrogens with zero attached hydrogens (tertiary/aromatic N) is 2. The smallest absolute Gasteiger partial charge is 0.200 e. The molecule has 0 unspecified atom stereocenters. The first kappa shape index (κ1) is 20.9. The summed E-state index contributed by atoms with van der Waals surface area (Å²) in [6.07, 6.45) is 15.8. The van der Waals surface area contributed by atoms with Crippen molar-refractivity contribution >= 4 is 5.69 Å². The van der Waals surface area contributed by atoms with Gasteiger partial charge in [-0.2, -0.15) is 0 Å². The van der Waals surface area contributed by atoms with Crippen LogP contribution in [-0.2, 0) is 0 Å². The van der Waals surface area contributed by atoms with Crippen LogP contribution in [0.1, 0.15) is 70.6 Å². The molecule has 28 heavy (non-hydrogen) atoms. The minimum atomic E-state index is -2.13. The molecule has 0 amide bonds. The molecule has 1 saturated carbocycles. The van der Waals surface area contributed by atoms with Crippen LogP contribution in [0, 0.1) is 29.1 Å². The van der Waals surface area contributed by atoms with Crippen LogP contribution < -0.4 is 4.90 Å². The molecule has 0 spiro atoms. The Hall–Kier alpha value is -1.79. The quantitative estimate of drug-likeness (QED) is 0.312. The van der Waals surface area contributed by atoms with Crippen molar-refractivity contribution in [3.05, 3.63) is 41.5 Å². The highest BCUT2D eigenvalue weighted by Crippen LogP contribution is 2.33. The first-order valence-corrected chi connectivity index (χ1v) is 10.2. The van der Waals surface area contributed by atoms with Gasteiger partial charge in [0.2, 0.25) is 5.82 Å². The van der Waals surface area contributed by atoms with Crippen molar-refractivity contribution in [2.45, 2.75) is 76.7 Å². The predicted molar refractivity (Wildman–Crippen MR) is 99.1 cm³/mol. The molecule has 0 radical (unpaired) electrons. The first-order chi connectivity index (χ1) is 13.5. The van der Waals surface area contributed by atoms with Gasteiger partial charge in [-0.25, -0.2) is 22.0 Å². The Morgan fingerprint density at radius 2 is 1.00 bits per heavy atom. The van der Waals surface area contributed by atoms with Crippen LogP contribution in [0.5, 0.6) is 0 Å². The first-order valence-electron chi connectivity index (χ1n) is 10.2.